The average Bonchev–Trinajstić information content (AvgIpc) is 2.55. The monoisotopic (exact) mass is 413 g/mol. The van der Waals surface area contributed by atoms with Crippen molar-refractivity contribution in [2.24, 2.45) is 0 Å². The molecular weight excluding hydrogens is 401 g/mol. The predicted molar refractivity (Wildman–Crippen MR) is 105 cm³/mol. The zero-order valence-corrected chi connectivity index (χ0v) is 16.0. The van der Waals surface area contributed by atoms with E-state index in [9.17, 15) is 14.9 Å². The van der Waals surface area contributed by atoms with Crippen LogP contribution in [0.2, 0.25) is 10.0 Å². The second-order valence-electron chi connectivity index (χ2n) is 5.08. The van der Waals surface area contributed by atoms with E-state index in [2.05, 4.69) is 10.6 Å². The van der Waals surface area contributed by atoms with Crippen LogP contribution < -0.4 is 15.4 Å². The first-order chi connectivity index (χ1) is 12.2. The highest BCUT2D eigenvalue weighted by Gasteiger charge is 2.19. The highest BCUT2D eigenvalue weighted by atomic mass is 35.5. The van der Waals surface area contributed by atoms with Crippen LogP contribution in [0.25, 0.3) is 0 Å². The summed E-state index contributed by atoms with van der Waals surface area (Å²) in [6, 6.07) is 7.33. The third-order valence-corrected chi connectivity index (χ3v) is 4.14. The van der Waals surface area contributed by atoms with Crippen molar-refractivity contribution in [1.29, 1.82) is 0 Å². The number of nitro groups is 1. The molecule has 7 nitrogen and oxygen atoms in total. The molecule has 0 aromatic heterocycles. The summed E-state index contributed by atoms with van der Waals surface area (Å²) in [5.74, 6) is -0.435. The molecule has 0 aliphatic carbocycles. The van der Waals surface area contributed by atoms with E-state index < -0.39 is 10.8 Å². The first kappa shape index (κ1) is 19.9. The number of rotatable bonds is 4. The Bertz CT molecular complexity index is 905. The molecule has 0 bridgehead atoms. The molecule has 1 amide bonds. The minimum absolute atomic E-state index is 0.0447. The highest BCUT2D eigenvalue weighted by Crippen LogP contribution is 2.32. The fraction of sp³-hybridized carbons (Fsp3) is 0.125. The van der Waals surface area contributed by atoms with Gasteiger partial charge in [-0.1, -0.05) is 29.3 Å². The van der Waals surface area contributed by atoms with Crippen LogP contribution in [-0.4, -0.2) is 23.1 Å². The standard InChI is InChI=1S/C16H13Cl2N3O4S/c1-8-12(4-3-5-13(8)21(23)24)19-16(26)20-15(22)10-6-9(17)7-11(18)14(10)25-2/h3-7H,1-2H3,(H2,19,20,22,26). The Hall–Kier alpha value is -2.42. The van der Waals surface area contributed by atoms with Gasteiger partial charge in [0.05, 0.1) is 33.9 Å². The number of nitrogens with zero attached hydrogens (tertiary/aromatic N) is 1. The van der Waals surface area contributed by atoms with E-state index in [4.69, 9.17) is 40.2 Å². The molecular formula is C16H13Cl2N3O4S. The molecule has 0 saturated carbocycles. The number of carbonyl (C=O) groups is 1. The Morgan fingerprint density at radius 3 is 2.62 bits per heavy atom. The van der Waals surface area contributed by atoms with Crippen molar-refractivity contribution in [3.05, 3.63) is 61.6 Å². The Labute approximate surface area is 164 Å². The van der Waals surface area contributed by atoms with Crippen LogP contribution in [0.4, 0.5) is 11.4 Å². The lowest BCUT2D eigenvalue weighted by atomic mass is 10.1. The molecule has 0 spiro atoms. The minimum atomic E-state index is -0.591. The van der Waals surface area contributed by atoms with Crippen LogP contribution >= 0.6 is 35.4 Å². The smallest absolute Gasteiger partial charge is 0.274 e. The number of nitrogens with one attached hydrogen (secondary N) is 2. The molecule has 0 saturated heterocycles. The molecule has 2 aromatic rings. The SMILES string of the molecule is COc1c(Cl)cc(Cl)cc1C(=O)NC(=S)Nc1cccc([N+](=O)[O-])c1C. The molecule has 0 atom stereocenters. The number of amides is 1. The minimum Gasteiger partial charge on any atom is -0.494 e. The van der Waals surface area contributed by atoms with E-state index in [1.54, 1.807) is 13.0 Å². The number of methoxy groups -OCH3 is 1. The van der Waals surface area contributed by atoms with Crippen molar-refractivity contribution in [2.45, 2.75) is 6.92 Å². The maximum absolute atomic E-state index is 12.4. The molecule has 136 valence electrons. The van der Waals surface area contributed by atoms with Crippen LogP contribution in [0.5, 0.6) is 5.75 Å². The lowest BCUT2D eigenvalue weighted by molar-refractivity contribution is -0.385. The van der Waals surface area contributed by atoms with Crippen molar-refractivity contribution in [2.75, 3.05) is 12.4 Å². The highest BCUT2D eigenvalue weighted by molar-refractivity contribution is 7.80. The normalized spacial score (nSPS) is 10.2. The first-order valence-corrected chi connectivity index (χ1v) is 8.30. The van der Waals surface area contributed by atoms with Crippen LogP contribution in [0.3, 0.4) is 0 Å². The molecule has 0 heterocycles. The van der Waals surface area contributed by atoms with E-state index in [1.807, 2.05) is 0 Å². The summed E-state index contributed by atoms with van der Waals surface area (Å²) >= 11 is 17.0. The molecule has 0 aliphatic rings. The summed E-state index contributed by atoms with van der Waals surface area (Å²) in [5, 5.41) is 16.6. The number of ether oxygens (including phenoxy) is 1. The van der Waals surface area contributed by atoms with E-state index in [0.717, 1.165) is 0 Å². The molecule has 2 aromatic carbocycles. The maximum atomic E-state index is 12.4. The van der Waals surface area contributed by atoms with Gasteiger partial charge in [0, 0.05) is 11.1 Å². The van der Waals surface area contributed by atoms with E-state index in [-0.39, 0.29) is 32.2 Å². The van der Waals surface area contributed by atoms with Gasteiger partial charge in [-0.25, -0.2) is 0 Å². The second kappa shape index (κ2) is 8.31. The summed E-state index contributed by atoms with van der Waals surface area (Å²) < 4.78 is 5.12. The lowest BCUT2D eigenvalue weighted by Gasteiger charge is -2.14. The Morgan fingerprint density at radius 2 is 2.00 bits per heavy atom. The van der Waals surface area contributed by atoms with Crippen molar-refractivity contribution >= 4 is 57.8 Å². The second-order valence-corrected chi connectivity index (χ2v) is 6.34. The third kappa shape index (κ3) is 4.40. The van der Waals surface area contributed by atoms with Gasteiger partial charge < -0.3 is 10.1 Å². The van der Waals surface area contributed by atoms with Gasteiger partial charge in [0.25, 0.3) is 11.6 Å². The topological polar surface area (TPSA) is 93.5 Å². The molecule has 2 N–H and O–H groups in total. The lowest BCUT2D eigenvalue weighted by Crippen LogP contribution is -2.34. The van der Waals surface area contributed by atoms with Gasteiger partial charge in [-0.05, 0) is 37.3 Å². The number of anilines is 1. The maximum Gasteiger partial charge on any atom is 0.274 e. The summed E-state index contributed by atoms with van der Waals surface area (Å²) in [4.78, 5) is 22.9. The van der Waals surface area contributed by atoms with Crippen LogP contribution in [0.1, 0.15) is 15.9 Å². The Kier molecular flexibility index (Phi) is 6.36. The van der Waals surface area contributed by atoms with E-state index in [0.29, 0.717) is 11.3 Å². The van der Waals surface area contributed by atoms with Crippen molar-refractivity contribution < 1.29 is 14.5 Å². The summed E-state index contributed by atoms with van der Waals surface area (Å²) in [6.45, 7) is 1.57. The van der Waals surface area contributed by atoms with E-state index in [1.165, 1.54) is 31.4 Å². The number of nitro benzene ring substituents is 1. The summed E-state index contributed by atoms with van der Waals surface area (Å²) in [7, 11) is 1.37. The fourth-order valence-electron chi connectivity index (χ4n) is 2.22. The summed E-state index contributed by atoms with van der Waals surface area (Å²) in [5.41, 5.74) is 0.829. The van der Waals surface area contributed by atoms with Gasteiger partial charge in [-0.15, -0.1) is 0 Å². The average molecular weight is 414 g/mol. The fourth-order valence-corrected chi connectivity index (χ4v) is 2.99. The number of carbonyl (C=O) groups excluding carboxylic acids is 1. The predicted octanol–water partition coefficient (Wildman–Crippen LogP) is 4.35. The molecule has 26 heavy (non-hydrogen) atoms. The van der Waals surface area contributed by atoms with Gasteiger partial charge in [0.15, 0.2) is 5.11 Å². The van der Waals surface area contributed by atoms with Gasteiger partial charge in [0.1, 0.15) is 5.75 Å². The number of thiocarbonyl (C=S) groups is 1. The molecule has 0 radical (unpaired) electrons. The van der Waals surface area contributed by atoms with Gasteiger partial charge in [0.2, 0.25) is 0 Å². The first-order valence-electron chi connectivity index (χ1n) is 7.14. The molecule has 0 aliphatic heterocycles. The van der Waals surface area contributed by atoms with Gasteiger partial charge in [-0.2, -0.15) is 0 Å². The van der Waals surface area contributed by atoms with Crippen molar-refractivity contribution in [3.63, 3.8) is 0 Å². The Morgan fingerprint density at radius 1 is 1.31 bits per heavy atom. The van der Waals surface area contributed by atoms with Crippen molar-refractivity contribution in [1.82, 2.24) is 5.32 Å². The largest absolute Gasteiger partial charge is 0.494 e. The molecule has 0 unspecified atom stereocenters. The van der Waals surface area contributed by atoms with E-state index >= 15 is 0 Å². The number of hydrogen-bond donors (Lipinski definition) is 2. The van der Waals surface area contributed by atoms with Crippen LogP contribution in [0.15, 0.2) is 30.3 Å². The van der Waals surface area contributed by atoms with Crippen molar-refractivity contribution in [3.8, 4) is 5.75 Å². The van der Waals surface area contributed by atoms with Gasteiger partial charge >= 0.3 is 0 Å². The zero-order chi connectivity index (χ0) is 19.4. The molecule has 2 rings (SSSR count). The number of benzene rings is 2. The molecule has 10 heteroatoms. The number of halogens is 2. The zero-order valence-electron chi connectivity index (χ0n) is 13.6. The van der Waals surface area contributed by atoms with Gasteiger partial charge in [-0.3, -0.25) is 20.2 Å². The quantitative estimate of drug-likeness (QED) is 0.439. The Balaban J connectivity index is 2.20. The van der Waals surface area contributed by atoms with Crippen LogP contribution in [-0.2, 0) is 0 Å². The molecule has 0 fully saturated rings. The number of hydrogen-bond acceptors (Lipinski definition) is 5. The summed E-state index contributed by atoms with van der Waals surface area (Å²) in [6.07, 6.45) is 0. The van der Waals surface area contributed by atoms with Crippen LogP contribution in [0, 0.1) is 17.0 Å². The third-order valence-electron chi connectivity index (χ3n) is 3.43.